The number of sulfone groups is 1. The Labute approximate surface area is 113 Å². The van der Waals surface area contributed by atoms with Gasteiger partial charge in [-0.15, -0.1) is 0 Å². The first-order chi connectivity index (χ1) is 8.86. The SMILES string of the molecule is O=C(CN1CC(O)(C2CC2)C1)NC1CCS(=O)(=O)C1. The first-order valence-corrected chi connectivity index (χ1v) is 8.63. The average Bonchev–Trinajstić information content (AvgIpc) is 3.03. The molecule has 6 nitrogen and oxygen atoms in total. The van der Waals surface area contributed by atoms with Gasteiger partial charge in [0.15, 0.2) is 9.84 Å². The maximum Gasteiger partial charge on any atom is 0.234 e. The second kappa shape index (κ2) is 4.43. The molecule has 2 heterocycles. The van der Waals surface area contributed by atoms with Crippen LogP contribution in [0.5, 0.6) is 0 Å². The van der Waals surface area contributed by atoms with E-state index in [4.69, 9.17) is 0 Å². The number of hydrogen-bond donors (Lipinski definition) is 2. The molecule has 3 rings (SSSR count). The predicted molar refractivity (Wildman–Crippen MR) is 69.3 cm³/mol. The van der Waals surface area contributed by atoms with Crippen LogP contribution in [-0.4, -0.2) is 67.1 Å². The zero-order chi connectivity index (χ0) is 13.7. The van der Waals surface area contributed by atoms with Crippen LogP contribution in [0, 0.1) is 5.92 Å². The Hall–Kier alpha value is -0.660. The van der Waals surface area contributed by atoms with Crippen LogP contribution in [0.2, 0.25) is 0 Å². The largest absolute Gasteiger partial charge is 0.387 e. The van der Waals surface area contributed by atoms with Gasteiger partial charge in [0.2, 0.25) is 5.91 Å². The van der Waals surface area contributed by atoms with Crippen molar-refractivity contribution in [3.05, 3.63) is 0 Å². The lowest BCUT2D eigenvalue weighted by molar-refractivity contribution is -0.136. The van der Waals surface area contributed by atoms with Crippen LogP contribution in [0.15, 0.2) is 0 Å². The van der Waals surface area contributed by atoms with E-state index < -0.39 is 15.4 Å². The molecule has 7 heteroatoms. The van der Waals surface area contributed by atoms with Gasteiger partial charge in [-0.1, -0.05) is 0 Å². The van der Waals surface area contributed by atoms with Crippen molar-refractivity contribution in [1.82, 2.24) is 10.2 Å². The molecular weight excluding hydrogens is 268 g/mol. The lowest BCUT2D eigenvalue weighted by atomic mass is 9.89. The number of aliphatic hydroxyl groups is 1. The highest BCUT2D eigenvalue weighted by atomic mass is 32.2. The minimum atomic E-state index is -2.95. The first kappa shape index (κ1) is 13.3. The fourth-order valence-electron chi connectivity index (χ4n) is 3.10. The molecule has 3 fully saturated rings. The molecule has 2 saturated heterocycles. The van der Waals surface area contributed by atoms with Crippen LogP contribution in [0.25, 0.3) is 0 Å². The van der Waals surface area contributed by atoms with Crippen molar-refractivity contribution in [2.24, 2.45) is 5.92 Å². The van der Waals surface area contributed by atoms with Gasteiger partial charge in [0, 0.05) is 19.1 Å². The predicted octanol–water partition coefficient (Wildman–Crippen LogP) is -1.25. The smallest absolute Gasteiger partial charge is 0.234 e. The molecule has 2 aliphatic heterocycles. The van der Waals surface area contributed by atoms with Crippen molar-refractivity contribution in [3.8, 4) is 0 Å². The van der Waals surface area contributed by atoms with E-state index in [1.807, 2.05) is 4.90 Å². The van der Waals surface area contributed by atoms with Gasteiger partial charge in [-0.25, -0.2) is 8.42 Å². The number of β-amino-alcohol motifs (C(OH)–C–C–N with tert-alkyl or cyclic N) is 1. The number of nitrogens with one attached hydrogen (secondary N) is 1. The van der Waals surface area contributed by atoms with E-state index in [0.29, 0.717) is 25.4 Å². The molecule has 2 N–H and O–H groups in total. The van der Waals surface area contributed by atoms with Crippen LogP contribution in [0.3, 0.4) is 0 Å². The molecule has 1 aliphatic carbocycles. The summed E-state index contributed by atoms with van der Waals surface area (Å²) in [4.78, 5) is 13.7. The van der Waals surface area contributed by atoms with Gasteiger partial charge in [0.05, 0.1) is 23.7 Å². The third kappa shape index (κ3) is 2.93. The average molecular weight is 288 g/mol. The molecule has 0 aromatic heterocycles. The molecule has 1 atom stereocenters. The summed E-state index contributed by atoms with van der Waals surface area (Å²) >= 11 is 0. The Bertz CT molecular complexity index is 480. The zero-order valence-electron chi connectivity index (χ0n) is 10.8. The van der Waals surface area contributed by atoms with Crippen molar-refractivity contribution in [2.75, 3.05) is 31.1 Å². The van der Waals surface area contributed by atoms with Crippen molar-refractivity contribution in [1.29, 1.82) is 0 Å². The lowest BCUT2D eigenvalue weighted by Gasteiger charge is -2.46. The molecule has 3 aliphatic rings. The fourth-order valence-corrected chi connectivity index (χ4v) is 4.78. The third-order valence-electron chi connectivity index (χ3n) is 4.30. The molecule has 108 valence electrons. The second-order valence-electron chi connectivity index (χ2n) is 6.19. The maximum atomic E-state index is 11.8. The van der Waals surface area contributed by atoms with Crippen LogP contribution >= 0.6 is 0 Å². The number of nitrogens with zero attached hydrogens (tertiary/aromatic N) is 1. The lowest BCUT2D eigenvalue weighted by Crippen LogP contribution is -2.64. The highest BCUT2D eigenvalue weighted by Gasteiger charge is 2.52. The van der Waals surface area contributed by atoms with Gasteiger partial charge in [-0.2, -0.15) is 0 Å². The number of rotatable bonds is 4. The Kier molecular flexibility index (Phi) is 3.11. The van der Waals surface area contributed by atoms with Crippen LogP contribution in [0.1, 0.15) is 19.3 Å². The van der Waals surface area contributed by atoms with Gasteiger partial charge in [-0.3, -0.25) is 9.69 Å². The molecule has 1 amide bonds. The van der Waals surface area contributed by atoms with Gasteiger partial charge in [-0.05, 0) is 25.2 Å². The van der Waals surface area contributed by atoms with E-state index in [-0.39, 0.29) is 30.0 Å². The molecule has 0 spiro atoms. The number of carbonyl (C=O) groups is 1. The standard InChI is InChI=1S/C12H20N2O4S/c15-11(13-10-3-4-19(17,18)6-10)5-14-7-12(16,8-14)9-1-2-9/h9-10,16H,1-8H2,(H,13,15). The summed E-state index contributed by atoms with van der Waals surface area (Å²) in [6.07, 6.45) is 2.70. The zero-order valence-corrected chi connectivity index (χ0v) is 11.7. The van der Waals surface area contributed by atoms with Crippen molar-refractivity contribution >= 4 is 15.7 Å². The van der Waals surface area contributed by atoms with Crippen molar-refractivity contribution in [3.63, 3.8) is 0 Å². The monoisotopic (exact) mass is 288 g/mol. The Morgan fingerprint density at radius 2 is 2.00 bits per heavy atom. The first-order valence-electron chi connectivity index (χ1n) is 6.81. The summed E-state index contributed by atoms with van der Waals surface area (Å²) in [6.45, 7) is 1.38. The normalized spacial score (nSPS) is 32.8. The quantitative estimate of drug-likeness (QED) is 0.675. The summed E-state index contributed by atoms with van der Waals surface area (Å²) in [6, 6.07) is -0.235. The van der Waals surface area contributed by atoms with Gasteiger partial charge >= 0.3 is 0 Å². The molecule has 0 aromatic rings. The van der Waals surface area contributed by atoms with Gasteiger partial charge in [0.25, 0.3) is 0 Å². The number of carbonyl (C=O) groups excluding carboxylic acids is 1. The van der Waals surface area contributed by atoms with Gasteiger partial charge in [0.1, 0.15) is 0 Å². The summed E-state index contributed by atoms with van der Waals surface area (Å²) in [7, 11) is -2.95. The van der Waals surface area contributed by atoms with Crippen LogP contribution in [0.4, 0.5) is 0 Å². The summed E-state index contributed by atoms with van der Waals surface area (Å²) in [5.41, 5.74) is -0.572. The van der Waals surface area contributed by atoms with E-state index in [0.717, 1.165) is 12.8 Å². The second-order valence-corrected chi connectivity index (χ2v) is 8.42. The summed E-state index contributed by atoms with van der Waals surface area (Å²) in [5.74, 6) is 0.514. The minimum absolute atomic E-state index is 0.0603. The molecule has 0 bridgehead atoms. The summed E-state index contributed by atoms with van der Waals surface area (Å²) in [5, 5.41) is 12.9. The molecule has 0 radical (unpaired) electrons. The Morgan fingerprint density at radius 1 is 1.32 bits per heavy atom. The number of amides is 1. The highest BCUT2D eigenvalue weighted by molar-refractivity contribution is 7.91. The molecule has 19 heavy (non-hydrogen) atoms. The number of likely N-dealkylation sites (tertiary alicyclic amines) is 1. The summed E-state index contributed by atoms with van der Waals surface area (Å²) < 4.78 is 22.6. The van der Waals surface area contributed by atoms with Gasteiger partial charge < -0.3 is 10.4 Å². The topological polar surface area (TPSA) is 86.7 Å². The fraction of sp³-hybridized carbons (Fsp3) is 0.917. The molecule has 0 aromatic carbocycles. The number of hydrogen-bond acceptors (Lipinski definition) is 5. The molecule has 1 unspecified atom stereocenters. The Balaban J connectivity index is 1.41. The molecule has 1 saturated carbocycles. The van der Waals surface area contributed by atoms with E-state index in [1.165, 1.54) is 0 Å². The third-order valence-corrected chi connectivity index (χ3v) is 6.06. The van der Waals surface area contributed by atoms with Crippen LogP contribution < -0.4 is 5.32 Å². The van der Waals surface area contributed by atoms with Crippen molar-refractivity contribution < 1.29 is 18.3 Å². The van der Waals surface area contributed by atoms with Crippen LogP contribution in [-0.2, 0) is 14.6 Å². The van der Waals surface area contributed by atoms with E-state index in [9.17, 15) is 18.3 Å². The highest BCUT2D eigenvalue weighted by Crippen LogP contribution is 2.44. The minimum Gasteiger partial charge on any atom is -0.387 e. The maximum absolute atomic E-state index is 11.8. The Morgan fingerprint density at radius 3 is 2.53 bits per heavy atom. The van der Waals surface area contributed by atoms with E-state index >= 15 is 0 Å². The van der Waals surface area contributed by atoms with E-state index in [2.05, 4.69) is 5.32 Å². The molecular formula is C12H20N2O4S. The van der Waals surface area contributed by atoms with E-state index in [1.54, 1.807) is 0 Å². The van der Waals surface area contributed by atoms with Crippen molar-refractivity contribution in [2.45, 2.75) is 30.9 Å².